The summed E-state index contributed by atoms with van der Waals surface area (Å²) in [5.41, 5.74) is 4.70. The second-order valence-electron chi connectivity index (χ2n) is 10.1. The van der Waals surface area contributed by atoms with Crippen molar-refractivity contribution in [3.05, 3.63) is 58.7 Å². The molecular weight excluding hydrogens is 396 g/mol. The number of carbonyl (C=O) groups is 1. The Labute approximate surface area is 192 Å². The van der Waals surface area contributed by atoms with E-state index in [1.54, 1.807) is 0 Å². The Morgan fingerprint density at radius 2 is 1.81 bits per heavy atom. The molecule has 3 heterocycles. The zero-order chi connectivity index (χ0) is 21.9. The van der Waals surface area contributed by atoms with Gasteiger partial charge in [-0.15, -0.1) is 0 Å². The zero-order valence-corrected chi connectivity index (χ0v) is 19.4. The first-order chi connectivity index (χ1) is 15.7. The van der Waals surface area contributed by atoms with Crippen LogP contribution in [0.3, 0.4) is 0 Å². The Balaban J connectivity index is 1.41. The van der Waals surface area contributed by atoms with Gasteiger partial charge in [-0.1, -0.05) is 31.4 Å². The van der Waals surface area contributed by atoms with Gasteiger partial charge < -0.3 is 10.2 Å². The van der Waals surface area contributed by atoms with Crippen molar-refractivity contribution in [1.29, 1.82) is 0 Å². The highest BCUT2D eigenvalue weighted by atomic mass is 16.2. The Bertz CT molecular complexity index is 932. The number of benzene rings is 1. The van der Waals surface area contributed by atoms with Gasteiger partial charge in [-0.3, -0.25) is 4.79 Å². The van der Waals surface area contributed by atoms with Crippen LogP contribution in [-0.4, -0.2) is 40.4 Å². The van der Waals surface area contributed by atoms with E-state index < -0.39 is 0 Å². The van der Waals surface area contributed by atoms with E-state index in [2.05, 4.69) is 39.2 Å². The predicted octanol–water partition coefficient (Wildman–Crippen LogP) is 4.65. The molecule has 3 aliphatic rings. The number of rotatable bonds is 6. The third kappa shape index (κ3) is 4.59. The molecule has 0 spiro atoms. The van der Waals surface area contributed by atoms with Crippen molar-refractivity contribution in [1.82, 2.24) is 20.2 Å². The van der Waals surface area contributed by atoms with Gasteiger partial charge >= 0.3 is 0 Å². The first kappa shape index (κ1) is 21.6. The summed E-state index contributed by atoms with van der Waals surface area (Å²) in [6.07, 6.45) is 13.5. The standard InChI is InChI=1S/C27H36N4O/c1-19-14-22(24(21-8-12-28-13-9-21)16-25-29-10-5-11-30-25)15-23-18-31(27(32)26(19)23)17-20-6-3-2-4-7-20/h5,10-11,14-15,20-21,24,28H,2-4,6-9,12-13,16-18H2,1H3. The minimum absolute atomic E-state index is 0.249. The van der Waals surface area contributed by atoms with E-state index in [-0.39, 0.29) is 5.91 Å². The molecule has 5 heteroatoms. The van der Waals surface area contributed by atoms with E-state index in [0.29, 0.717) is 17.8 Å². The summed E-state index contributed by atoms with van der Waals surface area (Å²) in [7, 11) is 0. The molecule has 32 heavy (non-hydrogen) atoms. The SMILES string of the molecule is Cc1cc(C(Cc2ncccn2)C2CCNCC2)cc2c1C(=O)N(CC1CCCCC1)C2. The summed E-state index contributed by atoms with van der Waals surface area (Å²) in [5, 5.41) is 3.51. The Kier molecular flexibility index (Phi) is 6.54. The first-order valence-electron chi connectivity index (χ1n) is 12.6. The molecule has 2 fully saturated rings. The normalized spacial score (nSPS) is 21.0. The van der Waals surface area contributed by atoms with E-state index in [0.717, 1.165) is 49.6 Å². The predicted molar refractivity (Wildman–Crippen MR) is 127 cm³/mol. The number of aryl methyl sites for hydroxylation is 1. The molecule has 1 aliphatic carbocycles. The number of piperidine rings is 1. The van der Waals surface area contributed by atoms with Gasteiger partial charge in [0, 0.05) is 37.5 Å². The lowest BCUT2D eigenvalue weighted by Gasteiger charge is -2.31. The molecule has 170 valence electrons. The van der Waals surface area contributed by atoms with Crippen molar-refractivity contribution >= 4 is 5.91 Å². The molecule has 1 amide bonds. The molecule has 1 atom stereocenters. The third-order valence-corrected chi connectivity index (χ3v) is 7.91. The number of carbonyl (C=O) groups excluding carboxylic acids is 1. The maximum absolute atomic E-state index is 13.3. The molecule has 1 unspecified atom stereocenters. The van der Waals surface area contributed by atoms with Crippen LogP contribution in [0.25, 0.3) is 0 Å². The molecule has 1 saturated heterocycles. The number of nitrogens with zero attached hydrogens (tertiary/aromatic N) is 3. The van der Waals surface area contributed by atoms with Crippen LogP contribution in [-0.2, 0) is 13.0 Å². The molecule has 5 nitrogen and oxygen atoms in total. The molecule has 1 aromatic heterocycles. The van der Waals surface area contributed by atoms with Gasteiger partial charge in [-0.2, -0.15) is 0 Å². The van der Waals surface area contributed by atoms with E-state index in [1.807, 2.05) is 18.5 Å². The lowest BCUT2D eigenvalue weighted by atomic mass is 9.77. The zero-order valence-electron chi connectivity index (χ0n) is 19.4. The van der Waals surface area contributed by atoms with E-state index in [9.17, 15) is 4.79 Å². The topological polar surface area (TPSA) is 58.1 Å². The second-order valence-corrected chi connectivity index (χ2v) is 10.1. The van der Waals surface area contributed by atoms with Crippen LogP contribution in [0.5, 0.6) is 0 Å². The Morgan fingerprint density at radius 1 is 1.06 bits per heavy atom. The highest BCUT2D eigenvalue weighted by Gasteiger charge is 2.33. The van der Waals surface area contributed by atoms with Crippen LogP contribution < -0.4 is 5.32 Å². The van der Waals surface area contributed by atoms with Crippen molar-refractivity contribution in [2.45, 2.75) is 70.8 Å². The van der Waals surface area contributed by atoms with Gasteiger partial charge in [0.15, 0.2) is 0 Å². The van der Waals surface area contributed by atoms with Gasteiger partial charge in [0.1, 0.15) is 5.82 Å². The van der Waals surface area contributed by atoms with Crippen molar-refractivity contribution in [3.63, 3.8) is 0 Å². The Hall–Kier alpha value is -2.27. The lowest BCUT2D eigenvalue weighted by molar-refractivity contribution is 0.0737. The van der Waals surface area contributed by atoms with Crippen LogP contribution in [0.15, 0.2) is 30.6 Å². The summed E-state index contributed by atoms with van der Waals surface area (Å²) < 4.78 is 0. The molecule has 2 aromatic rings. The Morgan fingerprint density at radius 3 is 2.56 bits per heavy atom. The summed E-state index contributed by atoms with van der Waals surface area (Å²) in [4.78, 5) is 24.5. The quantitative estimate of drug-likeness (QED) is 0.722. The first-order valence-corrected chi connectivity index (χ1v) is 12.6. The molecule has 1 N–H and O–H groups in total. The maximum Gasteiger partial charge on any atom is 0.254 e. The maximum atomic E-state index is 13.3. The average molecular weight is 433 g/mol. The van der Waals surface area contributed by atoms with Crippen molar-refractivity contribution < 1.29 is 4.79 Å². The smallest absolute Gasteiger partial charge is 0.254 e. The third-order valence-electron chi connectivity index (χ3n) is 7.91. The number of hydrogen-bond acceptors (Lipinski definition) is 4. The van der Waals surface area contributed by atoms with Gasteiger partial charge in [0.25, 0.3) is 5.91 Å². The highest BCUT2D eigenvalue weighted by Crippen LogP contribution is 2.38. The van der Waals surface area contributed by atoms with Crippen molar-refractivity contribution in [3.8, 4) is 0 Å². The van der Waals surface area contributed by atoms with Gasteiger partial charge in [-0.05, 0) is 86.2 Å². The second kappa shape index (κ2) is 9.70. The summed E-state index contributed by atoms with van der Waals surface area (Å²) in [5.74, 6) is 2.86. The van der Waals surface area contributed by atoms with Crippen LogP contribution in [0, 0.1) is 18.8 Å². The van der Waals surface area contributed by atoms with Crippen LogP contribution in [0.2, 0.25) is 0 Å². The molecule has 5 rings (SSSR count). The molecule has 1 saturated carbocycles. The lowest BCUT2D eigenvalue weighted by Crippen LogP contribution is -2.32. The average Bonchev–Trinajstić information content (AvgIpc) is 3.14. The summed E-state index contributed by atoms with van der Waals surface area (Å²) in [6, 6.07) is 6.52. The number of amides is 1. The fourth-order valence-corrected chi connectivity index (χ4v) is 6.24. The number of aromatic nitrogens is 2. The molecule has 0 bridgehead atoms. The van der Waals surface area contributed by atoms with E-state index in [4.69, 9.17) is 0 Å². The monoisotopic (exact) mass is 432 g/mol. The van der Waals surface area contributed by atoms with Crippen LogP contribution in [0.4, 0.5) is 0 Å². The fraction of sp³-hybridized carbons (Fsp3) is 0.593. The number of nitrogens with one attached hydrogen (secondary N) is 1. The van der Waals surface area contributed by atoms with Gasteiger partial charge in [0.2, 0.25) is 0 Å². The number of hydrogen-bond donors (Lipinski definition) is 1. The fourth-order valence-electron chi connectivity index (χ4n) is 6.24. The summed E-state index contributed by atoms with van der Waals surface area (Å²) in [6.45, 7) is 5.99. The van der Waals surface area contributed by atoms with Gasteiger partial charge in [-0.25, -0.2) is 9.97 Å². The largest absolute Gasteiger partial charge is 0.334 e. The molecule has 0 radical (unpaired) electrons. The van der Waals surface area contributed by atoms with Crippen molar-refractivity contribution in [2.75, 3.05) is 19.6 Å². The van der Waals surface area contributed by atoms with E-state index in [1.165, 1.54) is 56.1 Å². The van der Waals surface area contributed by atoms with Crippen LogP contribution >= 0.6 is 0 Å². The minimum Gasteiger partial charge on any atom is -0.334 e. The number of fused-ring (bicyclic) bond motifs is 1. The minimum atomic E-state index is 0.249. The van der Waals surface area contributed by atoms with Crippen molar-refractivity contribution in [2.24, 2.45) is 11.8 Å². The highest BCUT2D eigenvalue weighted by molar-refractivity contribution is 5.99. The summed E-state index contributed by atoms with van der Waals surface area (Å²) >= 11 is 0. The van der Waals surface area contributed by atoms with Crippen LogP contribution in [0.1, 0.15) is 83.7 Å². The van der Waals surface area contributed by atoms with E-state index >= 15 is 0 Å². The molecular formula is C27H36N4O. The molecule has 2 aliphatic heterocycles. The molecule has 1 aromatic carbocycles. The van der Waals surface area contributed by atoms with Gasteiger partial charge in [0.05, 0.1) is 0 Å².